The third-order valence-corrected chi connectivity index (χ3v) is 4.34. The van der Waals surface area contributed by atoms with Gasteiger partial charge in [-0.2, -0.15) is 12.6 Å². The van der Waals surface area contributed by atoms with E-state index in [1.807, 2.05) is 37.3 Å². The van der Waals surface area contributed by atoms with Crippen molar-refractivity contribution >= 4 is 24.4 Å². The summed E-state index contributed by atoms with van der Waals surface area (Å²) in [5.41, 5.74) is 5.88. The molecule has 5 heteroatoms. The highest BCUT2D eigenvalue weighted by Gasteiger charge is 2.41. The Labute approximate surface area is 124 Å². The van der Waals surface area contributed by atoms with Gasteiger partial charge >= 0.3 is 0 Å². The van der Waals surface area contributed by atoms with Crippen LogP contribution < -0.4 is 5.73 Å². The van der Waals surface area contributed by atoms with Crippen LogP contribution in [0, 0.1) is 5.41 Å². The Kier molecular flexibility index (Phi) is 4.38. The quantitative estimate of drug-likeness (QED) is 0.820. The number of likely N-dealkylation sites (tertiary alicyclic amines) is 1. The molecular formula is C15H20N2O2S. The molecule has 0 spiro atoms. The first-order valence-electron chi connectivity index (χ1n) is 6.73. The predicted molar refractivity (Wildman–Crippen MR) is 81.4 cm³/mol. The van der Waals surface area contributed by atoms with Crippen molar-refractivity contribution in [2.45, 2.75) is 25.0 Å². The molecule has 2 atom stereocenters. The summed E-state index contributed by atoms with van der Waals surface area (Å²) >= 11 is 4.41. The highest BCUT2D eigenvalue weighted by atomic mass is 32.1. The second kappa shape index (κ2) is 5.87. The topological polar surface area (TPSA) is 63.4 Å². The van der Waals surface area contributed by atoms with Crippen LogP contribution in [0.3, 0.4) is 0 Å². The van der Waals surface area contributed by atoms with Crippen LogP contribution in [0.15, 0.2) is 30.3 Å². The van der Waals surface area contributed by atoms with Crippen LogP contribution >= 0.6 is 12.6 Å². The van der Waals surface area contributed by atoms with E-state index in [0.717, 1.165) is 5.56 Å². The molecule has 4 nitrogen and oxygen atoms in total. The SMILES string of the molecule is CC1(C(N)=O)CCN(C(=O)C(S)Cc2ccccc2)C1. The predicted octanol–water partition coefficient (Wildman–Crippen LogP) is 1.25. The number of hydrogen-bond acceptors (Lipinski definition) is 3. The second-order valence-corrected chi connectivity index (χ2v) is 6.26. The monoisotopic (exact) mass is 292 g/mol. The van der Waals surface area contributed by atoms with Gasteiger partial charge in [0.15, 0.2) is 0 Å². The van der Waals surface area contributed by atoms with Crippen molar-refractivity contribution in [2.75, 3.05) is 13.1 Å². The van der Waals surface area contributed by atoms with E-state index in [0.29, 0.717) is 25.9 Å². The Morgan fingerprint density at radius 1 is 1.40 bits per heavy atom. The number of nitrogens with zero attached hydrogens (tertiary/aromatic N) is 1. The molecule has 1 heterocycles. The number of hydrogen-bond donors (Lipinski definition) is 2. The smallest absolute Gasteiger partial charge is 0.235 e. The maximum atomic E-state index is 12.4. The highest BCUT2D eigenvalue weighted by molar-refractivity contribution is 7.81. The van der Waals surface area contributed by atoms with Crippen LogP contribution in [0.4, 0.5) is 0 Å². The van der Waals surface area contributed by atoms with Crippen LogP contribution in [0.25, 0.3) is 0 Å². The van der Waals surface area contributed by atoms with E-state index in [2.05, 4.69) is 12.6 Å². The molecule has 20 heavy (non-hydrogen) atoms. The molecule has 0 saturated carbocycles. The number of rotatable bonds is 4. The zero-order chi connectivity index (χ0) is 14.8. The molecule has 1 aliphatic heterocycles. The lowest BCUT2D eigenvalue weighted by molar-refractivity contribution is -0.131. The van der Waals surface area contributed by atoms with Gasteiger partial charge in [0, 0.05) is 13.1 Å². The van der Waals surface area contributed by atoms with Gasteiger partial charge in [-0.15, -0.1) is 0 Å². The van der Waals surface area contributed by atoms with E-state index in [1.54, 1.807) is 4.90 Å². The van der Waals surface area contributed by atoms with E-state index in [1.165, 1.54) is 0 Å². The minimum atomic E-state index is -0.601. The molecule has 2 rings (SSSR count). The molecule has 2 amide bonds. The van der Waals surface area contributed by atoms with Crippen LogP contribution in [-0.4, -0.2) is 35.1 Å². The van der Waals surface area contributed by atoms with Gasteiger partial charge < -0.3 is 10.6 Å². The molecule has 1 fully saturated rings. The fourth-order valence-electron chi connectivity index (χ4n) is 2.49. The van der Waals surface area contributed by atoms with Gasteiger partial charge in [0.25, 0.3) is 0 Å². The van der Waals surface area contributed by atoms with Crippen molar-refractivity contribution in [2.24, 2.45) is 11.1 Å². The zero-order valence-corrected chi connectivity index (χ0v) is 12.5. The van der Waals surface area contributed by atoms with E-state index in [-0.39, 0.29) is 17.1 Å². The van der Waals surface area contributed by atoms with Crippen molar-refractivity contribution in [3.05, 3.63) is 35.9 Å². The Hall–Kier alpha value is -1.49. The Bertz CT molecular complexity index is 506. The molecule has 0 aromatic heterocycles. The van der Waals surface area contributed by atoms with Crippen LogP contribution in [-0.2, 0) is 16.0 Å². The fourth-order valence-corrected chi connectivity index (χ4v) is 2.86. The summed E-state index contributed by atoms with van der Waals surface area (Å²) in [5.74, 6) is -0.367. The summed E-state index contributed by atoms with van der Waals surface area (Å²) < 4.78 is 0. The van der Waals surface area contributed by atoms with Crippen molar-refractivity contribution in [3.8, 4) is 0 Å². The Morgan fingerprint density at radius 2 is 2.05 bits per heavy atom. The number of thiol groups is 1. The maximum Gasteiger partial charge on any atom is 0.235 e. The van der Waals surface area contributed by atoms with Gasteiger partial charge in [-0.05, 0) is 25.3 Å². The Balaban J connectivity index is 1.97. The normalized spacial score (nSPS) is 23.6. The molecule has 2 N–H and O–H groups in total. The molecule has 1 saturated heterocycles. The first kappa shape index (κ1) is 14.9. The molecule has 0 bridgehead atoms. The molecular weight excluding hydrogens is 272 g/mol. The lowest BCUT2D eigenvalue weighted by atomic mass is 9.89. The third kappa shape index (κ3) is 3.15. The van der Waals surface area contributed by atoms with Crippen LogP contribution in [0.2, 0.25) is 0 Å². The second-order valence-electron chi connectivity index (χ2n) is 5.64. The minimum absolute atomic E-state index is 0.0258. The zero-order valence-electron chi connectivity index (χ0n) is 11.6. The summed E-state index contributed by atoms with van der Waals surface area (Å²) in [4.78, 5) is 25.5. The number of carbonyl (C=O) groups excluding carboxylic acids is 2. The number of primary amides is 1. The summed E-state index contributed by atoms with van der Waals surface area (Å²) in [5, 5.41) is -0.382. The number of nitrogens with two attached hydrogens (primary N) is 1. The molecule has 1 aromatic rings. The van der Waals surface area contributed by atoms with Crippen molar-refractivity contribution in [1.29, 1.82) is 0 Å². The average molecular weight is 292 g/mol. The number of carbonyl (C=O) groups is 2. The lowest BCUT2D eigenvalue weighted by Crippen LogP contribution is -2.41. The van der Waals surface area contributed by atoms with E-state index >= 15 is 0 Å². The van der Waals surface area contributed by atoms with Crippen molar-refractivity contribution in [1.82, 2.24) is 4.90 Å². The number of benzene rings is 1. The van der Waals surface area contributed by atoms with Gasteiger partial charge in [0.1, 0.15) is 0 Å². The standard InChI is InChI=1S/C15H20N2O2S/c1-15(14(16)19)7-8-17(10-15)13(18)12(20)9-11-5-3-2-4-6-11/h2-6,12,20H,7-10H2,1H3,(H2,16,19). The van der Waals surface area contributed by atoms with Gasteiger partial charge in [-0.1, -0.05) is 30.3 Å². The molecule has 2 unspecified atom stereocenters. The van der Waals surface area contributed by atoms with Crippen molar-refractivity contribution in [3.63, 3.8) is 0 Å². The first-order chi connectivity index (χ1) is 9.42. The van der Waals surface area contributed by atoms with Gasteiger partial charge in [-0.25, -0.2) is 0 Å². The van der Waals surface area contributed by atoms with Crippen LogP contribution in [0.1, 0.15) is 18.9 Å². The highest BCUT2D eigenvalue weighted by Crippen LogP contribution is 2.30. The molecule has 0 aliphatic carbocycles. The summed E-state index contributed by atoms with van der Waals surface area (Å²) in [6, 6.07) is 9.79. The van der Waals surface area contributed by atoms with Crippen LogP contribution in [0.5, 0.6) is 0 Å². The first-order valence-corrected chi connectivity index (χ1v) is 7.25. The van der Waals surface area contributed by atoms with Crippen molar-refractivity contribution < 1.29 is 9.59 Å². The lowest BCUT2D eigenvalue weighted by Gasteiger charge is -2.23. The Morgan fingerprint density at radius 3 is 2.60 bits per heavy atom. The largest absolute Gasteiger partial charge is 0.369 e. The fraction of sp³-hybridized carbons (Fsp3) is 0.467. The molecule has 0 radical (unpaired) electrons. The summed E-state index contributed by atoms with van der Waals surface area (Å²) in [6.45, 7) is 2.78. The number of amides is 2. The third-order valence-electron chi connectivity index (χ3n) is 3.94. The summed E-state index contributed by atoms with van der Waals surface area (Å²) in [6.07, 6.45) is 1.21. The van der Waals surface area contributed by atoms with E-state index in [4.69, 9.17) is 5.73 Å². The molecule has 108 valence electrons. The molecule has 1 aliphatic rings. The van der Waals surface area contributed by atoms with Gasteiger partial charge in [0.2, 0.25) is 11.8 Å². The van der Waals surface area contributed by atoms with E-state index in [9.17, 15) is 9.59 Å². The molecule has 1 aromatic carbocycles. The maximum absolute atomic E-state index is 12.4. The van der Waals surface area contributed by atoms with Gasteiger partial charge in [0.05, 0.1) is 10.7 Å². The van der Waals surface area contributed by atoms with Gasteiger partial charge in [-0.3, -0.25) is 9.59 Å². The average Bonchev–Trinajstić information content (AvgIpc) is 2.83. The minimum Gasteiger partial charge on any atom is -0.369 e. The van der Waals surface area contributed by atoms with E-state index < -0.39 is 5.41 Å². The summed E-state index contributed by atoms with van der Waals surface area (Å²) in [7, 11) is 0.